The molecule has 2 heterocycles. The van der Waals surface area contributed by atoms with E-state index in [0.29, 0.717) is 25.2 Å². The summed E-state index contributed by atoms with van der Waals surface area (Å²) in [6.45, 7) is 5.07. The van der Waals surface area contributed by atoms with Crippen LogP contribution in [-0.2, 0) is 4.79 Å². The molecule has 1 unspecified atom stereocenters. The maximum atomic E-state index is 13.0. The molecule has 1 atom stereocenters. The molecule has 24 heavy (non-hydrogen) atoms. The molecule has 2 aromatic rings. The summed E-state index contributed by atoms with van der Waals surface area (Å²) in [5, 5.41) is 0. The topological polar surface area (TPSA) is 53.5 Å². The molecule has 0 aliphatic carbocycles. The number of nitrogens with zero attached hydrogens (tertiary/aromatic N) is 3. The summed E-state index contributed by atoms with van der Waals surface area (Å²) < 4.78 is 0. The molecule has 1 aromatic carbocycles. The summed E-state index contributed by atoms with van der Waals surface area (Å²) >= 11 is 0. The minimum atomic E-state index is -0.141. The van der Waals surface area contributed by atoms with Gasteiger partial charge in [-0.05, 0) is 24.6 Å². The van der Waals surface area contributed by atoms with Gasteiger partial charge in [0.25, 0.3) is 5.91 Å². The molecule has 1 aliphatic rings. The summed E-state index contributed by atoms with van der Waals surface area (Å²) in [5.41, 5.74) is 2.50. The number of amides is 2. The highest BCUT2D eigenvalue weighted by Crippen LogP contribution is 2.27. The molecule has 1 aliphatic heterocycles. The third-order valence-corrected chi connectivity index (χ3v) is 4.43. The average Bonchev–Trinajstić information content (AvgIpc) is 2.62. The van der Waals surface area contributed by atoms with E-state index in [-0.39, 0.29) is 17.9 Å². The normalized spacial score (nSPS) is 17.7. The third-order valence-electron chi connectivity index (χ3n) is 4.43. The van der Waals surface area contributed by atoms with Crippen molar-refractivity contribution in [2.24, 2.45) is 0 Å². The maximum Gasteiger partial charge on any atom is 0.256 e. The lowest BCUT2D eigenvalue weighted by molar-refractivity contribution is -0.131. The summed E-state index contributed by atoms with van der Waals surface area (Å²) in [7, 11) is 0. The van der Waals surface area contributed by atoms with E-state index in [2.05, 4.69) is 4.98 Å². The second kappa shape index (κ2) is 6.83. The van der Waals surface area contributed by atoms with Crippen molar-refractivity contribution >= 4 is 11.8 Å². The first-order valence-electron chi connectivity index (χ1n) is 8.10. The van der Waals surface area contributed by atoms with Gasteiger partial charge in [0, 0.05) is 38.4 Å². The summed E-state index contributed by atoms with van der Waals surface area (Å²) in [4.78, 5) is 32.6. The van der Waals surface area contributed by atoms with Crippen LogP contribution in [0.4, 0.5) is 0 Å². The van der Waals surface area contributed by atoms with E-state index in [1.165, 1.54) is 0 Å². The van der Waals surface area contributed by atoms with Crippen LogP contribution in [-0.4, -0.2) is 46.2 Å². The molecule has 2 amide bonds. The Morgan fingerprint density at radius 2 is 1.83 bits per heavy atom. The Hall–Kier alpha value is -2.69. The van der Waals surface area contributed by atoms with Crippen molar-refractivity contribution in [1.29, 1.82) is 0 Å². The van der Waals surface area contributed by atoms with Gasteiger partial charge in [0.15, 0.2) is 0 Å². The smallest absolute Gasteiger partial charge is 0.256 e. The Balaban J connectivity index is 1.90. The number of rotatable bonds is 2. The zero-order valence-corrected chi connectivity index (χ0v) is 14.0. The van der Waals surface area contributed by atoms with Crippen LogP contribution in [0, 0.1) is 6.92 Å². The number of aryl methyl sites for hydroxylation is 1. The van der Waals surface area contributed by atoms with E-state index in [4.69, 9.17) is 0 Å². The van der Waals surface area contributed by atoms with Gasteiger partial charge in [-0.1, -0.05) is 30.3 Å². The van der Waals surface area contributed by atoms with E-state index in [1.807, 2.05) is 54.3 Å². The Morgan fingerprint density at radius 3 is 2.46 bits per heavy atom. The molecule has 5 nitrogen and oxygen atoms in total. The quantitative estimate of drug-likeness (QED) is 0.853. The standard InChI is InChI=1S/C19H21N3O2/c1-14-8-9-17(12-20-14)19(24)22-11-10-21(15(2)23)13-18(22)16-6-4-3-5-7-16/h3-9,12,18H,10-11,13H2,1-2H3. The van der Waals surface area contributed by atoms with E-state index >= 15 is 0 Å². The van der Waals surface area contributed by atoms with Gasteiger partial charge in [-0.2, -0.15) is 0 Å². The van der Waals surface area contributed by atoms with Gasteiger partial charge >= 0.3 is 0 Å². The van der Waals surface area contributed by atoms with E-state index in [0.717, 1.165) is 11.3 Å². The molecule has 5 heteroatoms. The van der Waals surface area contributed by atoms with Crippen molar-refractivity contribution in [3.05, 3.63) is 65.5 Å². The first-order valence-corrected chi connectivity index (χ1v) is 8.10. The third kappa shape index (κ3) is 3.30. The Labute approximate surface area is 141 Å². The first-order chi connectivity index (χ1) is 11.6. The van der Waals surface area contributed by atoms with Crippen molar-refractivity contribution in [2.75, 3.05) is 19.6 Å². The molecule has 1 saturated heterocycles. The van der Waals surface area contributed by atoms with Gasteiger partial charge in [-0.3, -0.25) is 14.6 Å². The molecule has 0 bridgehead atoms. The van der Waals surface area contributed by atoms with Crippen LogP contribution >= 0.6 is 0 Å². The molecule has 0 radical (unpaired) electrons. The number of pyridine rings is 1. The summed E-state index contributed by atoms with van der Waals surface area (Å²) in [6, 6.07) is 13.4. The second-order valence-electron chi connectivity index (χ2n) is 6.08. The van der Waals surface area contributed by atoms with Gasteiger partial charge in [0.2, 0.25) is 5.91 Å². The highest BCUT2D eigenvalue weighted by molar-refractivity contribution is 5.94. The molecule has 124 valence electrons. The fourth-order valence-corrected chi connectivity index (χ4v) is 3.03. The van der Waals surface area contributed by atoms with E-state index in [1.54, 1.807) is 18.0 Å². The zero-order chi connectivity index (χ0) is 17.1. The first kappa shape index (κ1) is 16.2. The zero-order valence-electron chi connectivity index (χ0n) is 14.0. The largest absolute Gasteiger partial charge is 0.339 e. The number of hydrogen-bond acceptors (Lipinski definition) is 3. The van der Waals surface area contributed by atoms with Gasteiger partial charge < -0.3 is 9.80 Å². The van der Waals surface area contributed by atoms with Crippen LogP contribution < -0.4 is 0 Å². The van der Waals surface area contributed by atoms with Crippen LogP contribution in [0.2, 0.25) is 0 Å². The van der Waals surface area contributed by atoms with Gasteiger partial charge in [-0.25, -0.2) is 0 Å². The van der Waals surface area contributed by atoms with Crippen molar-refractivity contribution in [3.63, 3.8) is 0 Å². The van der Waals surface area contributed by atoms with Crippen LogP contribution in [0.15, 0.2) is 48.7 Å². The SMILES string of the molecule is CC(=O)N1CCN(C(=O)c2ccc(C)nc2)C(c2ccccc2)C1. The van der Waals surface area contributed by atoms with Crippen LogP contribution in [0.3, 0.4) is 0 Å². The highest BCUT2D eigenvalue weighted by atomic mass is 16.2. The monoisotopic (exact) mass is 323 g/mol. The minimum absolute atomic E-state index is 0.0417. The van der Waals surface area contributed by atoms with E-state index < -0.39 is 0 Å². The number of hydrogen-bond donors (Lipinski definition) is 0. The maximum absolute atomic E-state index is 13.0. The lowest BCUT2D eigenvalue weighted by atomic mass is 10.0. The van der Waals surface area contributed by atoms with E-state index in [9.17, 15) is 9.59 Å². The fraction of sp³-hybridized carbons (Fsp3) is 0.316. The average molecular weight is 323 g/mol. The molecule has 1 fully saturated rings. The Morgan fingerprint density at radius 1 is 1.08 bits per heavy atom. The van der Waals surface area contributed by atoms with Crippen molar-refractivity contribution in [3.8, 4) is 0 Å². The molecular weight excluding hydrogens is 302 g/mol. The van der Waals surface area contributed by atoms with Crippen molar-refractivity contribution < 1.29 is 9.59 Å². The number of carbonyl (C=O) groups is 2. The molecular formula is C19H21N3O2. The number of benzene rings is 1. The summed E-state index contributed by atoms with van der Waals surface area (Å²) in [5.74, 6) is -0.000382. The summed E-state index contributed by atoms with van der Waals surface area (Å²) in [6.07, 6.45) is 1.62. The Bertz CT molecular complexity index is 728. The molecule has 0 N–H and O–H groups in total. The number of piperazine rings is 1. The van der Waals surface area contributed by atoms with Crippen LogP contribution in [0.25, 0.3) is 0 Å². The van der Waals surface area contributed by atoms with Gasteiger partial charge in [0.1, 0.15) is 0 Å². The Kier molecular flexibility index (Phi) is 4.60. The lowest BCUT2D eigenvalue weighted by Gasteiger charge is -2.41. The van der Waals surface area contributed by atoms with Gasteiger partial charge in [-0.15, -0.1) is 0 Å². The number of carbonyl (C=O) groups excluding carboxylic acids is 2. The minimum Gasteiger partial charge on any atom is -0.339 e. The van der Waals surface area contributed by atoms with Gasteiger partial charge in [0.05, 0.1) is 11.6 Å². The predicted octanol–water partition coefficient (Wildman–Crippen LogP) is 2.44. The predicted molar refractivity (Wildman–Crippen MR) is 91.4 cm³/mol. The van der Waals surface area contributed by atoms with Crippen LogP contribution in [0.1, 0.15) is 34.6 Å². The fourth-order valence-electron chi connectivity index (χ4n) is 3.03. The highest BCUT2D eigenvalue weighted by Gasteiger charge is 2.33. The number of aromatic nitrogens is 1. The molecule has 0 spiro atoms. The van der Waals surface area contributed by atoms with Crippen LogP contribution in [0.5, 0.6) is 0 Å². The van der Waals surface area contributed by atoms with Crippen molar-refractivity contribution in [1.82, 2.24) is 14.8 Å². The van der Waals surface area contributed by atoms with Crippen molar-refractivity contribution in [2.45, 2.75) is 19.9 Å². The lowest BCUT2D eigenvalue weighted by Crippen LogP contribution is -2.51. The molecule has 1 aromatic heterocycles. The molecule has 3 rings (SSSR count). The molecule has 0 saturated carbocycles. The second-order valence-corrected chi connectivity index (χ2v) is 6.08.